The number of benzene rings is 1. The highest BCUT2D eigenvalue weighted by Gasteiger charge is 2.24. The van der Waals surface area contributed by atoms with Gasteiger partial charge in [-0.15, -0.1) is 0 Å². The molecule has 3 N–H and O–H groups in total. The van der Waals surface area contributed by atoms with Gasteiger partial charge in [0.2, 0.25) is 0 Å². The molecule has 1 aromatic carbocycles. The van der Waals surface area contributed by atoms with E-state index in [2.05, 4.69) is 5.32 Å². The van der Waals surface area contributed by atoms with E-state index in [0.29, 0.717) is 5.56 Å². The van der Waals surface area contributed by atoms with Gasteiger partial charge in [-0.3, -0.25) is 4.79 Å². The summed E-state index contributed by atoms with van der Waals surface area (Å²) in [7, 11) is 0. The first-order chi connectivity index (χ1) is 10.1. The quantitative estimate of drug-likeness (QED) is 0.821. The van der Waals surface area contributed by atoms with Crippen LogP contribution < -0.4 is 11.1 Å². The SMILES string of the molecule is Nc1c(Cl)cc(C(=O)NC2CCCc3occc32)cc1Cl. The maximum absolute atomic E-state index is 12.4. The van der Waals surface area contributed by atoms with Crippen molar-refractivity contribution in [2.24, 2.45) is 0 Å². The molecule has 6 heteroatoms. The lowest BCUT2D eigenvalue weighted by Gasteiger charge is -2.23. The number of furan rings is 1. The molecule has 0 spiro atoms. The van der Waals surface area contributed by atoms with Crippen LogP contribution >= 0.6 is 23.2 Å². The molecule has 0 saturated carbocycles. The summed E-state index contributed by atoms with van der Waals surface area (Å²) in [5, 5.41) is 3.55. The fourth-order valence-corrected chi connectivity index (χ4v) is 3.08. The number of carbonyl (C=O) groups excluding carboxylic acids is 1. The fraction of sp³-hybridized carbons (Fsp3) is 0.267. The van der Waals surface area contributed by atoms with E-state index < -0.39 is 0 Å². The Kier molecular flexibility index (Phi) is 3.83. The van der Waals surface area contributed by atoms with Crippen LogP contribution in [0.15, 0.2) is 28.9 Å². The molecule has 1 aromatic heterocycles. The molecular formula is C15H14Cl2N2O2. The summed E-state index contributed by atoms with van der Waals surface area (Å²) in [4.78, 5) is 12.4. The lowest BCUT2D eigenvalue weighted by molar-refractivity contribution is 0.0932. The third-order valence-electron chi connectivity index (χ3n) is 3.70. The molecule has 0 fully saturated rings. The van der Waals surface area contributed by atoms with Crippen LogP contribution in [0.1, 0.15) is 40.6 Å². The molecule has 0 saturated heterocycles. The van der Waals surface area contributed by atoms with E-state index in [9.17, 15) is 4.79 Å². The van der Waals surface area contributed by atoms with Crippen LogP contribution in [-0.2, 0) is 6.42 Å². The van der Waals surface area contributed by atoms with Gasteiger partial charge < -0.3 is 15.5 Å². The van der Waals surface area contributed by atoms with Crippen molar-refractivity contribution >= 4 is 34.8 Å². The summed E-state index contributed by atoms with van der Waals surface area (Å²) in [6.07, 6.45) is 4.43. The van der Waals surface area contributed by atoms with Crippen molar-refractivity contribution in [1.29, 1.82) is 0 Å². The molecule has 1 heterocycles. The standard InChI is InChI=1S/C15H14Cl2N2O2/c16-10-6-8(7-11(17)14(10)18)15(20)19-12-2-1-3-13-9(12)4-5-21-13/h4-7,12H,1-3,18H2,(H,19,20). The predicted octanol–water partition coefficient (Wildman–Crippen LogP) is 3.98. The summed E-state index contributed by atoms with van der Waals surface area (Å²) in [6, 6.07) is 4.91. The Morgan fingerprint density at radius 1 is 1.33 bits per heavy atom. The minimum Gasteiger partial charge on any atom is -0.469 e. The second-order valence-electron chi connectivity index (χ2n) is 5.07. The topological polar surface area (TPSA) is 68.3 Å². The average Bonchev–Trinajstić information content (AvgIpc) is 2.93. The minimum absolute atomic E-state index is 0.0462. The number of hydrogen-bond acceptors (Lipinski definition) is 3. The van der Waals surface area contributed by atoms with Gasteiger partial charge in [-0.2, -0.15) is 0 Å². The van der Waals surface area contributed by atoms with Gasteiger partial charge in [0.05, 0.1) is 28.0 Å². The molecule has 21 heavy (non-hydrogen) atoms. The molecule has 110 valence electrons. The van der Waals surface area contributed by atoms with Gasteiger partial charge in [-0.1, -0.05) is 23.2 Å². The Hall–Kier alpha value is -1.65. The summed E-state index contributed by atoms with van der Waals surface area (Å²) in [6.45, 7) is 0. The highest BCUT2D eigenvalue weighted by molar-refractivity contribution is 6.39. The average molecular weight is 325 g/mol. The van der Waals surface area contributed by atoms with Crippen LogP contribution in [0.2, 0.25) is 10.0 Å². The Labute approximate surface area is 132 Å². The lowest BCUT2D eigenvalue weighted by Crippen LogP contribution is -2.30. The van der Waals surface area contributed by atoms with Crippen LogP contribution in [0, 0.1) is 0 Å². The van der Waals surface area contributed by atoms with E-state index in [0.717, 1.165) is 30.6 Å². The van der Waals surface area contributed by atoms with Gasteiger partial charge in [0.25, 0.3) is 5.91 Å². The number of amides is 1. The molecule has 1 amide bonds. The van der Waals surface area contributed by atoms with Crippen molar-refractivity contribution in [1.82, 2.24) is 5.32 Å². The molecule has 0 radical (unpaired) electrons. The number of rotatable bonds is 2. The number of nitrogens with two attached hydrogens (primary N) is 1. The minimum atomic E-state index is -0.224. The van der Waals surface area contributed by atoms with Crippen molar-refractivity contribution < 1.29 is 9.21 Å². The molecule has 1 atom stereocenters. The maximum Gasteiger partial charge on any atom is 0.251 e. The number of aryl methyl sites for hydroxylation is 1. The molecule has 0 bridgehead atoms. The smallest absolute Gasteiger partial charge is 0.251 e. The van der Waals surface area contributed by atoms with Gasteiger partial charge in [-0.05, 0) is 31.0 Å². The number of fused-ring (bicyclic) bond motifs is 1. The highest BCUT2D eigenvalue weighted by atomic mass is 35.5. The normalized spacial score (nSPS) is 17.3. The van der Waals surface area contributed by atoms with E-state index in [-0.39, 0.29) is 27.7 Å². The van der Waals surface area contributed by atoms with Crippen LogP contribution in [0.3, 0.4) is 0 Å². The molecule has 0 aliphatic heterocycles. The predicted molar refractivity (Wildman–Crippen MR) is 82.7 cm³/mol. The van der Waals surface area contributed by atoms with E-state index in [4.69, 9.17) is 33.4 Å². The van der Waals surface area contributed by atoms with Crippen molar-refractivity contribution in [3.8, 4) is 0 Å². The summed E-state index contributed by atoms with van der Waals surface area (Å²) in [5.74, 6) is 0.720. The second-order valence-corrected chi connectivity index (χ2v) is 5.89. The molecule has 2 aromatic rings. The van der Waals surface area contributed by atoms with E-state index in [1.165, 1.54) is 12.1 Å². The number of nitrogens with one attached hydrogen (secondary N) is 1. The largest absolute Gasteiger partial charge is 0.469 e. The van der Waals surface area contributed by atoms with E-state index >= 15 is 0 Å². The van der Waals surface area contributed by atoms with Crippen LogP contribution in [0.5, 0.6) is 0 Å². The molecule has 3 rings (SSSR count). The summed E-state index contributed by atoms with van der Waals surface area (Å²) < 4.78 is 5.42. The van der Waals surface area contributed by atoms with Crippen LogP contribution in [0.25, 0.3) is 0 Å². The molecule has 1 aliphatic rings. The van der Waals surface area contributed by atoms with Gasteiger partial charge in [0.15, 0.2) is 0 Å². The Morgan fingerprint density at radius 3 is 2.76 bits per heavy atom. The zero-order valence-electron chi connectivity index (χ0n) is 11.2. The molecule has 4 nitrogen and oxygen atoms in total. The number of nitrogen functional groups attached to an aromatic ring is 1. The Morgan fingerprint density at radius 2 is 2.05 bits per heavy atom. The monoisotopic (exact) mass is 324 g/mol. The van der Waals surface area contributed by atoms with Crippen molar-refractivity contribution in [3.63, 3.8) is 0 Å². The van der Waals surface area contributed by atoms with Crippen LogP contribution in [-0.4, -0.2) is 5.91 Å². The number of carbonyl (C=O) groups is 1. The summed E-state index contributed by atoms with van der Waals surface area (Å²) >= 11 is 11.9. The molecule has 1 aliphatic carbocycles. The first kappa shape index (κ1) is 14.3. The second kappa shape index (κ2) is 5.62. The van der Waals surface area contributed by atoms with Gasteiger partial charge in [0, 0.05) is 17.5 Å². The maximum atomic E-state index is 12.4. The van der Waals surface area contributed by atoms with Crippen molar-refractivity contribution in [3.05, 3.63) is 51.4 Å². The van der Waals surface area contributed by atoms with Crippen molar-refractivity contribution in [2.45, 2.75) is 25.3 Å². The van der Waals surface area contributed by atoms with Gasteiger partial charge in [0.1, 0.15) is 5.76 Å². The number of halogens is 2. The highest BCUT2D eigenvalue weighted by Crippen LogP contribution is 2.32. The van der Waals surface area contributed by atoms with Crippen LogP contribution in [0.4, 0.5) is 5.69 Å². The number of anilines is 1. The molecule has 1 unspecified atom stereocenters. The Bertz CT molecular complexity index is 674. The summed E-state index contributed by atoms with van der Waals surface area (Å²) in [5.41, 5.74) is 7.40. The molecular weight excluding hydrogens is 311 g/mol. The van der Waals surface area contributed by atoms with E-state index in [1.54, 1.807) is 6.26 Å². The Balaban J connectivity index is 1.82. The fourth-order valence-electron chi connectivity index (χ4n) is 2.59. The van der Waals surface area contributed by atoms with Gasteiger partial charge >= 0.3 is 0 Å². The van der Waals surface area contributed by atoms with Gasteiger partial charge in [-0.25, -0.2) is 0 Å². The first-order valence-electron chi connectivity index (χ1n) is 6.68. The third-order valence-corrected chi connectivity index (χ3v) is 4.32. The zero-order chi connectivity index (χ0) is 15.0. The van der Waals surface area contributed by atoms with Crippen molar-refractivity contribution in [2.75, 3.05) is 5.73 Å². The van der Waals surface area contributed by atoms with E-state index in [1.807, 2.05) is 6.07 Å². The third kappa shape index (κ3) is 2.74. The lowest BCUT2D eigenvalue weighted by atomic mass is 9.93. The zero-order valence-corrected chi connectivity index (χ0v) is 12.7. The first-order valence-corrected chi connectivity index (χ1v) is 7.43. The number of hydrogen-bond donors (Lipinski definition) is 2.